The molecule has 0 amide bonds. The topological polar surface area (TPSA) is 12.0 Å². The molecule has 0 aliphatic rings. The Hall–Kier alpha value is -0.640. The highest BCUT2D eigenvalue weighted by Gasteiger charge is 2.16. The zero-order valence-electron chi connectivity index (χ0n) is 11.8. The van der Waals surface area contributed by atoms with Crippen molar-refractivity contribution >= 4 is 31.9 Å². The van der Waals surface area contributed by atoms with E-state index in [1.807, 2.05) is 0 Å². The molecule has 3 heteroatoms. The van der Waals surface area contributed by atoms with Gasteiger partial charge in [-0.2, -0.15) is 0 Å². The average molecular weight is 397 g/mol. The predicted octanol–water partition coefficient (Wildman–Crippen LogP) is 5.47. The van der Waals surface area contributed by atoms with Gasteiger partial charge in [-0.3, -0.25) is 0 Å². The van der Waals surface area contributed by atoms with E-state index in [1.54, 1.807) is 0 Å². The molecule has 1 unspecified atom stereocenters. The summed E-state index contributed by atoms with van der Waals surface area (Å²) in [4.78, 5) is 0. The van der Waals surface area contributed by atoms with Crippen LogP contribution in [0.5, 0.6) is 0 Å². The Morgan fingerprint density at radius 3 is 2.30 bits per heavy atom. The van der Waals surface area contributed by atoms with E-state index in [1.165, 1.54) is 16.7 Å². The molecule has 0 spiro atoms. The molecule has 0 saturated carbocycles. The molecule has 0 aliphatic heterocycles. The van der Waals surface area contributed by atoms with Crippen molar-refractivity contribution in [2.75, 3.05) is 6.54 Å². The van der Waals surface area contributed by atoms with Gasteiger partial charge in [-0.25, -0.2) is 0 Å². The molecular weight excluding hydrogens is 378 g/mol. The van der Waals surface area contributed by atoms with Crippen molar-refractivity contribution < 1.29 is 0 Å². The van der Waals surface area contributed by atoms with Crippen LogP contribution in [0, 0.1) is 0 Å². The molecule has 20 heavy (non-hydrogen) atoms. The van der Waals surface area contributed by atoms with Crippen LogP contribution in [0.15, 0.2) is 51.4 Å². The van der Waals surface area contributed by atoms with Crippen LogP contribution in [-0.2, 0) is 6.42 Å². The largest absolute Gasteiger partial charge is 0.306 e. The maximum atomic E-state index is 3.67. The standard InChI is InChI=1S/C17H19Br2N/c1-3-12-5-7-13(8-6-12)17(20-4-2)15-11-14(18)9-10-16(15)19/h5-11,17,20H,3-4H2,1-2H3. The highest BCUT2D eigenvalue weighted by molar-refractivity contribution is 9.11. The summed E-state index contributed by atoms with van der Waals surface area (Å²) in [6.07, 6.45) is 1.08. The molecular formula is C17H19Br2N. The first-order valence-electron chi connectivity index (χ1n) is 6.92. The normalized spacial score (nSPS) is 12.4. The minimum Gasteiger partial charge on any atom is -0.306 e. The number of benzene rings is 2. The summed E-state index contributed by atoms with van der Waals surface area (Å²) < 4.78 is 2.23. The molecule has 0 aromatic heterocycles. The summed E-state index contributed by atoms with van der Waals surface area (Å²) in [6.45, 7) is 5.25. The van der Waals surface area contributed by atoms with Gasteiger partial charge in [0.05, 0.1) is 6.04 Å². The summed E-state index contributed by atoms with van der Waals surface area (Å²) in [7, 11) is 0. The zero-order chi connectivity index (χ0) is 14.5. The van der Waals surface area contributed by atoms with Crippen LogP contribution < -0.4 is 5.32 Å². The monoisotopic (exact) mass is 395 g/mol. The van der Waals surface area contributed by atoms with Crippen LogP contribution in [0.25, 0.3) is 0 Å². The first kappa shape index (κ1) is 15.7. The lowest BCUT2D eigenvalue weighted by molar-refractivity contribution is 0.628. The Morgan fingerprint density at radius 2 is 1.70 bits per heavy atom. The van der Waals surface area contributed by atoms with E-state index in [4.69, 9.17) is 0 Å². The molecule has 0 bridgehead atoms. The lowest BCUT2D eigenvalue weighted by Gasteiger charge is -2.21. The van der Waals surface area contributed by atoms with Gasteiger partial charge in [-0.05, 0) is 47.9 Å². The van der Waals surface area contributed by atoms with Crippen molar-refractivity contribution in [3.05, 3.63) is 68.1 Å². The molecule has 0 aliphatic carbocycles. The number of hydrogen-bond donors (Lipinski definition) is 1. The highest BCUT2D eigenvalue weighted by atomic mass is 79.9. The molecule has 0 heterocycles. The fourth-order valence-electron chi connectivity index (χ4n) is 2.29. The van der Waals surface area contributed by atoms with Crippen molar-refractivity contribution in [3.63, 3.8) is 0 Å². The van der Waals surface area contributed by atoms with Gasteiger partial charge in [-0.15, -0.1) is 0 Å². The van der Waals surface area contributed by atoms with Crippen molar-refractivity contribution in [3.8, 4) is 0 Å². The quantitative estimate of drug-likeness (QED) is 0.706. The molecule has 0 fully saturated rings. The van der Waals surface area contributed by atoms with Gasteiger partial charge >= 0.3 is 0 Å². The maximum absolute atomic E-state index is 3.67. The van der Waals surface area contributed by atoms with Gasteiger partial charge in [0.25, 0.3) is 0 Å². The summed E-state index contributed by atoms with van der Waals surface area (Å²) >= 11 is 7.23. The third-order valence-corrected chi connectivity index (χ3v) is 4.61. The number of hydrogen-bond acceptors (Lipinski definition) is 1. The molecule has 0 saturated heterocycles. The molecule has 1 atom stereocenters. The highest BCUT2D eigenvalue weighted by Crippen LogP contribution is 2.31. The van der Waals surface area contributed by atoms with Gasteiger partial charge in [0, 0.05) is 8.95 Å². The zero-order valence-corrected chi connectivity index (χ0v) is 15.0. The fraction of sp³-hybridized carbons (Fsp3) is 0.294. The van der Waals surface area contributed by atoms with Crippen LogP contribution >= 0.6 is 31.9 Å². The van der Waals surface area contributed by atoms with E-state index in [0.717, 1.165) is 21.9 Å². The lowest BCUT2D eigenvalue weighted by Crippen LogP contribution is -2.22. The second kappa shape index (κ2) is 7.39. The molecule has 0 radical (unpaired) electrons. The van der Waals surface area contributed by atoms with Gasteiger partial charge < -0.3 is 5.32 Å². The lowest BCUT2D eigenvalue weighted by atomic mass is 9.97. The van der Waals surface area contributed by atoms with Gasteiger partial charge in [-0.1, -0.05) is 70.0 Å². The van der Waals surface area contributed by atoms with E-state index < -0.39 is 0 Å². The van der Waals surface area contributed by atoms with Crippen LogP contribution in [0.2, 0.25) is 0 Å². The Kier molecular flexibility index (Phi) is 5.82. The molecule has 2 aromatic rings. The third-order valence-electron chi connectivity index (χ3n) is 3.40. The second-order valence-corrected chi connectivity index (χ2v) is 6.52. The van der Waals surface area contributed by atoms with Crippen molar-refractivity contribution in [2.24, 2.45) is 0 Å². The Labute approximate surface area is 138 Å². The molecule has 2 aromatic carbocycles. The molecule has 1 N–H and O–H groups in total. The van der Waals surface area contributed by atoms with Crippen molar-refractivity contribution in [1.29, 1.82) is 0 Å². The van der Waals surface area contributed by atoms with Crippen LogP contribution in [0.4, 0.5) is 0 Å². The summed E-state index contributed by atoms with van der Waals surface area (Å²) in [5.41, 5.74) is 3.92. The van der Waals surface area contributed by atoms with E-state index in [0.29, 0.717) is 0 Å². The van der Waals surface area contributed by atoms with Crippen molar-refractivity contribution in [1.82, 2.24) is 5.32 Å². The number of halogens is 2. The number of aryl methyl sites for hydroxylation is 1. The number of rotatable bonds is 5. The SMILES string of the molecule is CCNC(c1ccc(CC)cc1)c1cc(Br)ccc1Br. The average Bonchev–Trinajstić information content (AvgIpc) is 2.48. The van der Waals surface area contributed by atoms with Gasteiger partial charge in [0.2, 0.25) is 0 Å². The van der Waals surface area contributed by atoms with Crippen LogP contribution in [0.3, 0.4) is 0 Å². The minimum atomic E-state index is 0.206. The van der Waals surface area contributed by atoms with E-state index in [-0.39, 0.29) is 6.04 Å². The summed E-state index contributed by atoms with van der Waals surface area (Å²) in [5.74, 6) is 0. The Morgan fingerprint density at radius 1 is 1.00 bits per heavy atom. The molecule has 106 valence electrons. The molecule has 2 rings (SSSR count). The minimum absolute atomic E-state index is 0.206. The predicted molar refractivity (Wildman–Crippen MR) is 93.2 cm³/mol. The van der Waals surface area contributed by atoms with Crippen LogP contribution in [0.1, 0.15) is 36.6 Å². The van der Waals surface area contributed by atoms with Gasteiger partial charge in [0.15, 0.2) is 0 Å². The fourth-order valence-corrected chi connectivity index (χ4v) is 3.15. The first-order chi connectivity index (χ1) is 9.65. The Bertz CT molecular complexity index is 564. The van der Waals surface area contributed by atoms with E-state index in [2.05, 4.69) is 93.5 Å². The number of nitrogens with one attached hydrogen (secondary N) is 1. The first-order valence-corrected chi connectivity index (χ1v) is 8.51. The van der Waals surface area contributed by atoms with E-state index in [9.17, 15) is 0 Å². The third kappa shape index (κ3) is 3.72. The van der Waals surface area contributed by atoms with Crippen molar-refractivity contribution in [2.45, 2.75) is 26.3 Å². The van der Waals surface area contributed by atoms with E-state index >= 15 is 0 Å². The Balaban J connectivity index is 2.41. The van der Waals surface area contributed by atoms with Gasteiger partial charge in [0.1, 0.15) is 0 Å². The second-order valence-electron chi connectivity index (χ2n) is 4.75. The maximum Gasteiger partial charge on any atom is 0.0588 e. The smallest absolute Gasteiger partial charge is 0.0588 e. The molecule has 1 nitrogen and oxygen atoms in total. The van der Waals surface area contributed by atoms with Crippen LogP contribution in [-0.4, -0.2) is 6.54 Å². The summed E-state index contributed by atoms with van der Waals surface area (Å²) in [6, 6.07) is 15.4. The summed E-state index contributed by atoms with van der Waals surface area (Å²) in [5, 5.41) is 3.57.